The molecule has 1 rings (SSSR count). The third kappa shape index (κ3) is 2.89. The molecule has 0 aliphatic heterocycles. The number of hydrogen-bond donors (Lipinski definition) is 2. The van der Waals surface area contributed by atoms with Crippen molar-refractivity contribution in [2.45, 2.75) is 0 Å². The van der Waals surface area contributed by atoms with Crippen molar-refractivity contribution in [3.63, 3.8) is 0 Å². The van der Waals surface area contributed by atoms with Crippen LogP contribution in [0.4, 0.5) is 10.1 Å². The zero-order chi connectivity index (χ0) is 12.1. The Labute approximate surface area is 89.1 Å². The quantitative estimate of drug-likeness (QED) is 0.329. The molecule has 7 nitrogen and oxygen atoms in total. The van der Waals surface area contributed by atoms with Crippen molar-refractivity contribution in [3.8, 4) is 5.75 Å². The van der Waals surface area contributed by atoms with Crippen molar-refractivity contribution in [1.82, 2.24) is 5.43 Å². The summed E-state index contributed by atoms with van der Waals surface area (Å²) in [6, 6.07) is 2.70. The molecule has 0 radical (unpaired) electrons. The van der Waals surface area contributed by atoms with Crippen LogP contribution >= 0.6 is 0 Å². The molecule has 1 amide bonds. The second-order valence-electron chi connectivity index (χ2n) is 2.73. The van der Waals surface area contributed by atoms with E-state index < -0.39 is 28.9 Å². The summed E-state index contributed by atoms with van der Waals surface area (Å²) in [5.74, 6) is 3.07. The lowest BCUT2D eigenvalue weighted by molar-refractivity contribution is -0.385. The number of ether oxygens (including phenoxy) is 1. The normalized spacial score (nSPS) is 9.62. The van der Waals surface area contributed by atoms with E-state index in [1.807, 2.05) is 0 Å². The lowest BCUT2D eigenvalue weighted by Gasteiger charge is -2.05. The van der Waals surface area contributed by atoms with Gasteiger partial charge in [-0.3, -0.25) is 20.3 Å². The average molecular weight is 229 g/mol. The number of nitrogens with two attached hydrogens (primary N) is 1. The van der Waals surface area contributed by atoms with E-state index in [9.17, 15) is 19.3 Å². The summed E-state index contributed by atoms with van der Waals surface area (Å²) in [4.78, 5) is 20.5. The molecule has 0 unspecified atom stereocenters. The Balaban J connectivity index is 2.88. The molecule has 0 fully saturated rings. The highest BCUT2D eigenvalue weighted by Crippen LogP contribution is 2.27. The summed E-state index contributed by atoms with van der Waals surface area (Å²) in [5.41, 5.74) is 1.35. The number of nitro benzene ring substituents is 1. The highest BCUT2D eigenvalue weighted by Gasteiger charge is 2.16. The van der Waals surface area contributed by atoms with Gasteiger partial charge in [0, 0.05) is 12.1 Å². The van der Waals surface area contributed by atoms with Crippen molar-refractivity contribution >= 4 is 11.6 Å². The molecule has 3 N–H and O–H groups in total. The minimum absolute atomic E-state index is 0.325. The average Bonchev–Trinajstić information content (AvgIpc) is 2.25. The van der Waals surface area contributed by atoms with Crippen molar-refractivity contribution < 1.29 is 18.8 Å². The van der Waals surface area contributed by atoms with Crippen LogP contribution in [-0.4, -0.2) is 17.4 Å². The van der Waals surface area contributed by atoms with Crippen LogP contribution in [0.15, 0.2) is 18.2 Å². The zero-order valence-corrected chi connectivity index (χ0v) is 7.97. The van der Waals surface area contributed by atoms with Gasteiger partial charge in [0.25, 0.3) is 5.91 Å². The van der Waals surface area contributed by atoms with Gasteiger partial charge in [-0.15, -0.1) is 0 Å². The monoisotopic (exact) mass is 229 g/mol. The number of halogens is 1. The van der Waals surface area contributed by atoms with Crippen LogP contribution in [0.3, 0.4) is 0 Å². The molecule has 0 aliphatic rings. The summed E-state index contributed by atoms with van der Waals surface area (Å²) in [6.07, 6.45) is 0. The molecule has 0 aliphatic carbocycles. The molecule has 0 saturated heterocycles. The predicted molar refractivity (Wildman–Crippen MR) is 50.9 cm³/mol. The van der Waals surface area contributed by atoms with E-state index in [1.54, 1.807) is 5.43 Å². The maximum Gasteiger partial charge on any atom is 0.311 e. The Morgan fingerprint density at radius 3 is 2.88 bits per heavy atom. The molecule has 86 valence electrons. The minimum atomic E-state index is -0.741. The summed E-state index contributed by atoms with van der Waals surface area (Å²) in [5, 5.41) is 10.5. The Kier molecular flexibility index (Phi) is 3.72. The molecule has 1 aromatic rings. The fraction of sp³-hybridized carbons (Fsp3) is 0.125. The Hall–Kier alpha value is -2.22. The van der Waals surface area contributed by atoms with Crippen LogP contribution in [0.2, 0.25) is 0 Å². The van der Waals surface area contributed by atoms with Crippen molar-refractivity contribution in [2.75, 3.05) is 6.61 Å². The third-order valence-corrected chi connectivity index (χ3v) is 1.64. The topological polar surface area (TPSA) is 107 Å². The highest BCUT2D eigenvalue weighted by molar-refractivity contribution is 5.76. The van der Waals surface area contributed by atoms with Gasteiger partial charge in [0.2, 0.25) is 5.75 Å². The molecule has 0 heterocycles. The largest absolute Gasteiger partial charge is 0.477 e. The Morgan fingerprint density at radius 2 is 2.31 bits per heavy atom. The van der Waals surface area contributed by atoms with Crippen LogP contribution in [-0.2, 0) is 4.79 Å². The van der Waals surface area contributed by atoms with E-state index in [-0.39, 0.29) is 5.75 Å². The maximum atomic E-state index is 12.8. The molecule has 16 heavy (non-hydrogen) atoms. The number of hydrogen-bond acceptors (Lipinski definition) is 5. The van der Waals surface area contributed by atoms with Gasteiger partial charge in [-0.05, 0) is 6.07 Å². The first kappa shape index (κ1) is 11.9. The maximum absolute atomic E-state index is 12.8. The van der Waals surface area contributed by atoms with E-state index in [0.717, 1.165) is 18.2 Å². The van der Waals surface area contributed by atoms with E-state index >= 15 is 0 Å². The number of nitrogens with zero attached hydrogens (tertiary/aromatic N) is 1. The third-order valence-electron chi connectivity index (χ3n) is 1.64. The van der Waals surface area contributed by atoms with Gasteiger partial charge in [-0.2, -0.15) is 0 Å². The van der Waals surface area contributed by atoms with Crippen molar-refractivity contribution in [2.24, 2.45) is 5.84 Å². The summed E-state index contributed by atoms with van der Waals surface area (Å²) < 4.78 is 17.5. The number of nitro groups is 1. The van der Waals surface area contributed by atoms with Gasteiger partial charge in [0.05, 0.1) is 4.92 Å². The van der Waals surface area contributed by atoms with E-state index in [4.69, 9.17) is 10.6 Å². The van der Waals surface area contributed by atoms with Gasteiger partial charge < -0.3 is 4.74 Å². The minimum Gasteiger partial charge on any atom is -0.477 e. The molecule has 0 bridgehead atoms. The molecule has 0 spiro atoms. The van der Waals surface area contributed by atoms with Gasteiger partial charge in [-0.1, -0.05) is 0 Å². The van der Waals surface area contributed by atoms with Crippen LogP contribution in [0.1, 0.15) is 0 Å². The summed E-state index contributed by atoms with van der Waals surface area (Å²) in [7, 11) is 0. The second-order valence-corrected chi connectivity index (χ2v) is 2.73. The zero-order valence-electron chi connectivity index (χ0n) is 7.97. The molecule has 0 saturated carbocycles. The van der Waals surface area contributed by atoms with Crippen LogP contribution in [0, 0.1) is 15.9 Å². The fourth-order valence-corrected chi connectivity index (χ4v) is 0.939. The van der Waals surface area contributed by atoms with Gasteiger partial charge in [-0.25, -0.2) is 10.2 Å². The van der Waals surface area contributed by atoms with Gasteiger partial charge in [0.1, 0.15) is 5.82 Å². The first-order valence-electron chi connectivity index (χ1n) is 4.10. The number of benzene rings is 1. The van der Waals surface area contributed by atoms with Crippen LogP contribution in [0.5, 0.6) is 5.75 Å². The first-order valence-corrected chi connectivity index (χ1v) is 4.10. The molecule has 1 aromatic carbocycles. The number of nitrogens with one attached hydrogen (secondary N) is 1. The molecular weight excluding hydrogens is 221 g/mol. The predicted octanol–water partition coefficient (Wildman–Crippen LogP) is 0.103. The second kappa shape index (κ2) is 5.03. The van der Waals surface area contributed by atoms with Crippen LogP contribution in [0.25, 0.3) is 0 Å². The van der Waals surface area contributed by atoms with E-state index in [0.29, 0.717) is 0 Å². The highest BCUT2D eigenvalue weighted by atomic mass is 19.1. The van der Waals surface area contributed by atoms with E-state index in [2.05, 4.69) is 0 Å². The smallest absolute Gasteiger partial charge is 0.311 e. The van der Waals surface area contributed by atoms with E-state index in [1.165, 1.54) is 0 Å². The van der Waals surface area contributed by atoms with Gasteiger partial charge in [0.15, 0.2) is 6.61 Å². The standard InChI is InChI=1S/C8H8FN3O4/c9-5-1-2-6(12(14)15)7(3-5)16-4-8(13)11-10/h1-3H,4,10H2,(H,11,13). The molecule has 8 heteroatoms. The Bertz CT molecular complexity index is 424. The lowest BCUT2D eigenvalue weighted by Crippen LogP contribution is -2.34. The molecular formula is C8H8FN3O4. The fourth-order valence-electron chi connectivity index (χ4n) is 0.939. The van der Waals surface area contributed by atoms with Crippen LogP contribution < -0.4 is 16.0 Å². The first-order chi connectivity index (χ1) is 7.54. The summed E-state index contributed by atoms with van der Waals surface area (Å²) in [6.45, 7) is -0.527. The summed E-state index contributed by atoms with van der Waals surface area (Å²) >= 11 is 0. The Morgan fingerprint density at radius 1 is 1.62 bits per heavy atom. The molecule has 0 atom stereocenters. The van der Waals surface area contributed by atoms with Gasteiger partial charge >= 0.3 is 5.69 Å². The number of carbonyl (C=O) groups is 1. The van der Waals surface area contributed by atoms with Crippen molar-refractivity contribution in [1.29, 1.82) is 0 Å². The number of amides is 1. The number of hydrazine groups is 1. The SMILES string of the molecule is NNC(=O)COc1cc(F)ccc1[N+](=O)[O-]. The molecule has 0 aromatic heterocycles. The van der Waals surface area contributed by atoms with Crippen molar-refractivity contribution in [3.05, 3.63) is 34.1 Å². The number of carbonyl (C=O) groups excluding carboxylic acids is 1. The lowest BCUT2D eigenvalue weighted by atomic mass is 10.3. The number of rotatable bonds is 4.